The summed E-state index contributed by atoms with van der Waals surface area (Å²) in [6.07, 6.45) is 1.30. The predicted octanol–water partition coefficient (Wildman–Crippen LogP) is 2.47. The molecule has 0 bridgehead atoms. The first-order chi connectivity index (χ1) is 16.7. The Bertz CT molecular complexity index is 1410. The van der Waals surface area contributed by atoms with E-state index in [4.69, 9.17) is 26.1 Å². The van der Waals surface area contributed by atoms with Crippen molar-refractivity contribution in [3.63, 3.8) is 0 Å². The summed E-state index contributed by atoms with van der Waals surface area (Å²) in [7, 11) is 2.94. The Balaban J connectivity index is 1.71. The number of hydrogen-bond donors (Lipinski definition) is 1. The number of carboxylic acid groups (broad SMARTS) is 1. The number of rotatable bonds is 6. The van der Waals surface area contributed by atoms with E-state index in [9.17, 15) is 19.5 Å². The Labute approximate surface area is 205 Å². The normalized spacial score (nSPS) is 14.8. The monoisotopic (exact) mass is 491 g/mol. The number of ether oxygens (including phenoxy) is 2. The van der Waals surface area contributed by atoms with Crippen LogP contribution in [-0.4, -0.2) is 37.1 Å². The van der Waals surface area contributed by atoms with Crippen LogP contribution in [0.4, 0.5) is 5.69 Å². The van der Waals surface area contributed by atoms with Gasteiger partial charge < -0.3 is 23.8 Å². The van der Waals surface area contributed by atoms with Crippen LogP contribution in [0.25, 0.3) is 17.4 Å². The summed E-state index contributed by atoms with van der Waals surface area (Å²) in [5, 5.41) is 13.6. The number of aromatic carboxylic acids is 1. The number of hydrogen-bond acceptors (Lipinski definition) is 8. The second-order valence-corrected chi connectivity index (χ2v) is 7.90. The second kappa shape index (κ2) is 9.43. The Kier molecular flexibility index (Phi) is 6.39. The highest BCUT2D eigenvalue weighted by molar-refractivity contribution is 7.80. The summed E-state index contributed by atoms with van der Waals surface area (Å²) in [5.41, 5.74) is 1.43. The summed E-state index contributed by atoms with van der Waals surface area (Å²) >= 11 is 5.25. The molecule has 35 heavy (non-hydrogen) atoms. The summed E-state index contributed by atoms with van der Waals surface area (Å²) < 4.78 is 16.4. The van der Waals surface area contributed by atoms with Crippen molar-refractivity contribution in [2.75, 3.05) is 19.1 Å². The van der Waals surface area contributed by atoms with Gasteiger partial charge in [-0.1, -0.05) is 12.1 Å². The van der Waals surface area contributed by atoms with Crippen molar-refractivity contribution in [2.45, 2.75) is 6.92 Å². The van der Waals surface area contributed by atoms with Crippen molar-refractivity contribution in [3.8, 4) is 22.8 Å². The Morgan fingerprint density at radius 3 is 2.54 bits per heavy atom. The first kappa shape index (κ1) is 23.7. The molecular weight excluding hydrogens is 472 g/mol. The molecule has 1 N–H and O–H groups in total. The van der Waals surface area contributed by atoms with Crippen LogP contribution in [0.2, 0.25) is 0 Å². The number of aryl methyl sites for hydroxylation is 1. The molecule has 3 aromatic rings. The van der Waals surface area contributed by atoms with Crippen LogP contribution >= 0.6 is 12.2 Å². The molecule has 0 spiro atoms. The van der Waals surface area contributed by atoms with Gasteiger partial charge >= 0.3 is 0 Å². The van der Waals surface area contributed by atoms with Crippen LogP contribution in [0.15, 0.2) is 58.5 Å². The van der Waals surface area contributed by atoms with E-state index >= 15 is 0 Å². The lowest BCUT2D eigenvalue weighted by molar-refractivity contribution is -0.255. The standard InChI is InChI=1S/C25H20N2O7S/c1-13-4-5-14(24(30)31)10-17(13)20-9-7-16(34-20)11-18-22(28)26-25(35)27(23(18)29)19-8-6-15(32-2)12-21(19)33-3/h4-12H,1-3H3,(H,30,31)(H,26,28,35)/p-1/b18-11+. The number of carboxylic acids is 1. The lowest BCUT2D eigenvalue weighted by Gasteiger charge is -2.29. The van der Waals surface area contributed by atoms with Crippen molar-refractivity contribution in [2.24, 2.45) is 0 Å². The van der Waals surface area contributed by atoms with Gasteiger partial charge in [-0.25, -0.2) is 4.90 Å². The minimum absolute atomic E-state index is 0.00123. The van der Waals surface area contributed by atoms with Gasteiger partial charge in [0.2, 0.25) is 0 Å². The molecule has 1 fully saturated rings. The van der Waals surface area contributed by atoms with Gasteiger partial charge in [0.05, 0.1) is 25.9 Å². The van der Waals surface area contributed by atoms with Crippen LogP contribution in [0.5, 0.6) is 11.5 Å². The highest BCUT2D eigenvalue weighted by Crippen LogP contribution is 2.35. The van der Waals surface area contributed by atoms with Crippen LogP contribution < -0.4 is 24.8 Å². The van der Waals surface area contributed by atoms with E-state index in [1.54, 1.807) is 43.3 Å². The van der Waals surface area contributed by atoms with Crippen LogP contribution in [0.3, 0.4) is 0 Å². The van der Waals surface area contributed by atoms with Crippen molar-refractivity contribution in [1.82, 2.24) is 5.32 Å². The van der Waals surface area contributed by atoms with E-state index in [0.29, 0.717) is 28.5 Å². The molecule has 178 valence electrons. The number of benzene rings is 2. The fraction of sp³-hybridized carbons (Fsp3) is 0.120. The van der Waals surface area contributed by atoms with Gasteiger partial charge in [-0.05, 0) is 66.7 Å². The van der Waals surface area contributed by atoms with Gasteiger partial charge in [-0.3, -0.25) is 14.9 Å². The van der Waals surface area contributed by atoms with Crippen molar-refractivity contribution in [1.29, 1.82) is 0 Å². The Morgan fingerprint density at radius 2 is 1.86 bits per heavy atom. The number of anilines is 1. The van der Waals surface area contributed by atoms with Crippen molar-refractivity contribution < 1.29 is 33.4 Å². The van der Waals surface area contributed by atoms with E-state index in [0.717, 1.165) is 10.5 Å². The largest absolute Gasteiger partial charge is 0.545 e. The molecule has 4 rings (SSSR count). The summed E-state index contributed by atoms with van der Waals surface area (Å²) in [6, 6.07) is 12.5. The fourth-order valence-electron chi connectivity index (χ4n) is 3.58. The zero-order chi connectivity index (χ0) is 25.3. The minimum Gasteiger partial charge on any atom is -0.545 e. The molecule has 0 atom stereocenters. The van der Waals surface area contributed by atoms with E-state index < -0.39 is 17.8 Å². The summed E-state index contributed by atoms with van der Waals surface area (Å²) in [5.74, 6) is -1.25. The third-order valence-corrected chi connectivity index (χ3v) is 5.67. The molecule has 10 heteroatoms. The molecule has 0 aliphatic carbocycles. The molecule has 2 amide bonds. The molecule has 1 aliphatic heterocycles. The SMILES string of the molecule is COc1ccc(N2C(=O)/C(=C/c3ccc(-c4cc(C(=O)[O-])ccc4C)o3)C(=O)NC2=S)c(OC)c1. The zero-order valence-electron chi connectivity index (χ0n) is 18.9. The summed E-state index contributed by atoms with van der Waals surface area (Å²) in [6.45, 7) is 1.80. The first-order valence-corrected chi connectivity index (χ1v) is 10.7. The van der Waals surface area contributed by atoms with Crippen molar-refractivity contribution >= 4 is 46.9 Å². The van der Waals surface area contributed by atoms with E-state index in [1.165, 1.54) is 32.4 Å². The topological polar surface area (TPSA) is 121 Å². The molecule has 1 saturated heterocycles. The highest BCUT2D eigenvalue weighted by Gasteiger charge is 2.36. The Hall–Kier alpha value is -4.44. The number of nitrogens with one attached hydrogen (secondary N) is 1. The van der Waals surface area contributed by atoms with Gasteiger partial charge in [0, 0.05) is 11.6 Å². The quantitative estimate of drug-likeness (QED) is 0.317. The predicted molar refractivity (Wildman–Crippen MR) is 129 cm³/mol. The number of furan rings is 1. The Morgan fingerprint density at radius 1 is 1.09 bits per heavy atom. The van der Waals surface area contributed by atoms with Crippen LogP contribution in [0, 0.1) is 6.92 Å². The van der Waals surface area contributed by atoms with Crippen molar-refractivity contribution in [3.05, 3.63) is 71.0 Å². The number of amides is 2. The zero-order valence-corrected chi connectivity index (χ0v) is 19.7. The van der Waals surface area contributed by atoms with Gasteiger partial charge in [0.1, 0.15) is 28.6 Å². The van der Waals surface area contributed by atoms with Crippen LogP contribution in [-0.2, 0) is 9.59 Å². The van der Waals surface area contributed by atoms with Crippen LogP contribution in [0.1, 0.15) is 21.7 Å². The maximum atomic E-state index is 13.3. The molecule has 0 unspecified atom stereocenters. The lowest BCUT2D eigenvalue weighted by atomic mass is 10.0. The molecule has 2 heterocycles. The molecular formula is C25H19N2O7S-. The number of carbonyl (C=O) groups is 3. The molecule has 9 nitrogen and oxygen atoms in total. The number of methoxy groups -OCH3 is 2. The van der Waals surface area contributed by atoms with E-state index in [2.05, 4.69) is 5.32 Å². The van der Waals surface area contributed by atoms with E-state index in [-0.39, 0.29) is 22.0 Å². The number of nitrogens with zero attached hydrogens (tertiary/aromatic N) is 1. The molecule has 0 radical (unpaired) electrons. The lowest BCUT2D eigenvalue weighted by Crippen LogP contribution is -2.54. The average molecular weight is 492 g/mol. The average Bonchev–Trinajstić information content (AvgIpc) is 3.30. The third-order valence-electron chi connectivity index (χ3n) is 5.38. The molecule has 2 aromatic carbocycles. The maximum Gasteiger partial charge on any atom is 0.270 e. The van der Waals surface area contributed by atoms with Gasteiger partial charge in [-0.2, -0.15) is 0 Å². The van der Waals surface area contributed by atoms with Gasteiger partial charge in [-0.15, -0.1) is 0 Å². The third kappa shape index (κ3) is 4.51. The second-order valence-electron chi connectivity index (χ2n) is 7.51. The van der Waals surface area contributed by atoms with Gasteiger partial charge in [0.15, 0.2) is 5.11 Å². The fourth-order valence-corrected chi connectivity index (χ4v) is 3.85. The summed E-state index contributed by atoms with van der Waals surface area (Å²) in [4.78, 5) is 38.3. The maximum absolute atomic E-state index is 13.3. The van der Waals surface area contributed by atoms with E-state index in [1.807, 2.05) is 0 Å². The molecule has 1 aliphatic rings. The van der Waals surface area contributed by atoms with Gasteiger partial charge in [0.25, 0.3) is 11.8 Å². The number of carbonyl (C=O) groups excluding carboxylic acids is 3. The first-order valence-electron chi connectivity index (χ1n) is 10.3. The molecule has 0 saturated carbocycles. The molecule has 1 aromatic heterocycles. The smallest absolute Gasteiger partial charge is 0.270 e. The number of thiocarbonyl (C=S) groups is 1. The highest BCUT2D eigenvalue weighted by atomic mass is 32.1. The minimum atomic E-state index is -1.31.